The highest BCUT2D eigenvalue weighted by atomic mass is 31.2. The van der Waals surface area contributed by atoms with Crippen LogP contribution in [0.1, 0.15) is 51.1 Å². The van der Waals surface area contributed by atoms with E-state index in [-0.39, 0.29) is 6.54 Å². The zero-order valence-electron chi connectivity index (χ0n) is 16.8. The van der Waals surface area contributed by atoms with E-state index >= 15 is 0 Å². The molecule has 174 valence electrons. The van der Waals surface area contributed by atoms with Crippen molar-refractivity contribution in [2.45, 2.75) is 95.2 Å². The van der Waals surface area contributed by atoms with Crippen molar-refractivity contribution in [3.05, 3.63) is 11.9 Å². The number of phosphoric ester groups is 1. The van der Waals surface area contributed by atoms with E-state index < -0.39 is 44.6 Å². The monoisotopic (exact) mass is 451 g/mol. The third kappa shape index (κ3) is 7.63. The van der Waals surface area contributed by atoms with Crippen molar-refractivity contribution in [3.8, 4) is 0 Å². The van der Waals surface area contributed by atoms with Gasteiger partial charge in [-0.15, -0.1) is 5.10 Å². The largest absolute Gasteiger partial charge is 0.790 e. The Morgan fingerprint density at radius 1 is 1.17 bits per heavy atom. The van der Waals surface area contributed by atoms with Gasteiger partial charge in [0.25, 0.3) is 0 Å². The van der Waals surface area contributed by atoms with E-state index in [2.05, 4.69) is 21.8 Å². The van der Waals surface area contributed by atoms with E-state index in [4.69, 9.17) is 4.74 Å². The van der Waals surface area contributed by atoms with Crippen LogP contribution in [0, 0.1) is 0 Å². The Balaban J connectivity index is 1.89. The topological polar surface area (TPSA) is 193 Å². The Hall–Kier alpha value is -0.950. The van der Waals surface area contributed by atoms with Gasteiger partial charge in [-0.2, -0.15) is 0 Å². The molecule has 1 aliphatic rings. The Kier molecular flexibility index (Phi) is 9.79. The minimum atomic E-state index is -5.54. The van der Waals surface area contributed by atoms with Gasteiger partial charge in [-0.25, -0.2) is 4.68 Å². The molecule has 0 bridgehead atoms. The molecule has 0 amide bonds. The van der Waals surface area contributed by atoms with Gasteiger partial charge < -0.3 is 44.0 Å². The van der Waals surface area contributed by atoms with E-state index in [1.165, 1.54) is 23.9 Å². The van der Waals surface area contributed by atoms with Gasteiger partial charge in [0.2, 0.25) is 0 Å². The molecule has 1 saturated heterocycles. The van der Waals surface area contributed by atoms with Crippen molar-refractivity contribution < 1.29 is 44.0 Å². The minimum absolute atomic E-state index is 0.187. The van der Waals surface area contributed by atoms with Gasteiger partial charge in [0.05, 0.1) is 20.1 Å². The van der Waals surface area contributed by atoms with Gasteiger partial charge in [0.1, 0.15) is 30.5 Å². The van der Waals surface area contributed by atoms with Crippen molar-refractivity contribution in [2.24, 2.45) is 0 Å². The molecule has 4 N–H and O–H groups in total. The number of unbranched alkanes of at least 4 members (excludes halogenated alkanes) is 5. The van der Waals surface area contributed by atoms with Crippen LogP contribution in [0.25, 0.3) is 0 Å². The molecule has 0 saturated carbocycles. The predicted molar refractivity (Wildman–Crippen MR) is 98.5 cm³/mol. The van der Waals surface area contributed by atoms with E-state index in [1.54, 1.807) is 6.20 Å². The number of ether oxygens (including phenoxy) is 1. The summed E-state index contributed by atoms with van der Waals surface area (Å²) in [5, 5.41) is 48.0. The number of hydrogen-bond acceptors (Lipinski definition) is 11. The van der Waals surface area contributed by atoms with Crippen LogP contribution in [0.2, 0.25) is 0 Å². The Morgan fingerprint density at radius 2 is 1.83 bits per heavy atom. The summed E-state index contributed by atoms with van der Waals surface area (Å²) in [4.78, 5) is 21.6. The molecule has 1 aliphatic heterocycles. The molecule has 2 rings (SSSR count). The number of nitrogens with zero attached hydrogens (tertiary/aromatic N) is 3. The maximum Gasteiger partial charge on any atom is 0.191 e. The summed E-state index contributed by atoms with van der Waals surface area (Å²) in [6.07, 6.45) is -1.50. The molecule has 1 aromatic rings. The fourth-order valence-electron chi connectivity index (χ4n) is 3.33. The molecule has 1 fully saturated rings. The first kappa shape index (κ1) is 25.3. The van der Waals surface area contributed by atoms with Crippen molar-refractivity contribution in [1.82, 2.24) is 15.0 Å². The normalized spacial score (nSPS) is 28.6. The molecule has 0 spiro atoms. The second-order valence-electron chi connectivity index (χ2n) is 7.51. The maximum atomic E-state index is 10.8. The zero-order valence-corrected chi connectivity index (χ0v) is 17.7. The molecule has 1 aromatic heterocycles. The molecule has 0 aliphatic carbocycles. The standard InChI is InChI=1S/C17H32N3O9P/c1-2-3-4-5-6-7-8-11-9-20(19-18-11)10-12(21)16-14(23)13(22)15(24)17(28-16)29-30(25,26)27/h9,12-17,21-24H,2-8,10H2,1H3,(H2,25,26,27)/p-2/t12-,13?,14+,15?,16?,17+/m1/s1. The number of hydrogen-bond donors (Lipinski definition) is 4. The van der Waals surface area contributed by atoms with Crippen LogP contribution in [0.15, 0.2) is 6.20 Å². The molecule has 2 heterocycles. The summed E-state index contributed by atoms with van der Waals surface area (Å²) in [6.45, 7) is 1.97. The van der Waals surface area contributed by atoms with Crippen LogP contribution in [-0.2, 0) is 26.8 Å². The molecule has 0 radical (unpaired) electrons. The van der Waals surface area contributed by atoms with E-state index in [0.29, 0.717) is 0 Å². The fraction of sp³-hybridized carbons (Fsp3) is 0.882. The number of aliphatic hydroxyl groups is 4. The SMILES string of the molecule is CCCCCCCCc1cn(C[C@@H](O)C2O[C@@H](OP(=O)([O-])[O-])C(O)C(O)[C@@H]2O)nn1. The molecule has 6 atom stereocenters. The Labute approximate surface area is 174 Å². The van der Waals surface area contributed by atoms with Crippen molar-refractivity contribution in [1.29, 1.82) is 0 Å². The number of aliphatic hydroxyl groups excluding tert-OH is 4. The first-order valence-electron chi connectivity index (χ1n) is 10.1. The Morgan fingerprint density at radius 3 is 2.50 bits per heavy atom. The van der Waals surface area contributed by atoms with Crippen LogP contribution in [0.5, 0.6) is 0 Å². The molecular weight excluding hydrogens is 421 g/mol. The van der Waals surface area contributed by atoms with Crippen molar-refractivity contribution in [3.63, 3.8) is 0 Å². The van der Waals surface area contributed by atoms with Crippen LogP contribution in [0.4, 0.5) is 0 Å². The van der Waals surface area contributed by atoms with Crippen LogP contribution >= 0.6 is 7.82 Å². The van der Waals surface area contributed by atoms with Crippen LogP contribution < -0.4 is 9.79 Å². The molecule has 0 aromatic carbocycles. The zero-order chi connectivity index (χ0) is 22.3. The summed E-state index contributed by atoms with van der Waals surface area (Å²) < 4.78 is 21.2. The fourth-order valence-corrected chi connectivity index (χ4v) is 3.76. The van der Waals surface area contributed by atoms with Gasteiger partial charge >= 0.3 is 0 Å². The highest BCUT2D eigenvalue weighted by molar-refractivity contribution is 7.43. The first-order valence-corrected chi connectivity index (χ1v) is 11.6. The lowest BCUT2D eigenvalue weighted by Crippen LogP contribution is -2.61. The number of aromatic nitrogens is 3. The lowest BCUT2D eigenvalue weighted by Gasteiger charge is -2.44. The summed E-state index contributed by atoms with van der Waals surface area (Å²) in [5.41, 5.74) is 0.734. The highest BCUT2D eigenvalue weighted by Crippen LogP contribution is 2.34. The summed E-state index contributed by atoms with van der Waals surface area (Å²) in [7, 11) is -5.54. The van der Waals surface area contributed by atoms with Crippen molar-refractivity contribution in [2.75, 3.05) is 0 Å². The van der Waals surface area contributed by atoms with Crippen LogP contribution in [0.3, 0.4) is 0 Å². The quantitative estimate of drug-likeness (QED) is 0.207. The average molecular weight is 451 g/mol. The van der Waals surface area contributed by atoms with Gasteiger partial charge in [-0.1, -0.05) is 44.2 Å². The lowest BCUT2D eigenvalue weighted by atomic mass is 9.95. The highest BCUT2D eigenvalue weighted by Gasteiger charge is 2.47. The lowest BCUT2D eigenvalue weighted by molar-refractivity contribution is -0.370. The smallest absolute Gasteiger partial charge is 0.191 e. The minimum Gasteiger partial charge on any atom is -0.790 e. The van der Waals surface area contributed by atoms with Gasteiger partial charge in [0, 0.05) is 6.20 Å². The van der Waals surface area contributed by atoms with E-state index in [9.17, 15) is 34.8 Å². The third-order valence-electron chi connectivity index (χ3n) is 4.97. The maximum absolute atomic E-state index is 10.8. The first-order chi connectivity index (χ1) is 14.1. The summed E-state index contributed by atoms with van der Waals surface area (Å²) in [6, 6.07) is 0. The number of rotatable bonds is 12. The number of aryl methyl sites for hydroxylation is 1. The molecule has 13 heteroatoms. The molecular formula is C17H30N3O9P-2. The number of phosphoric acid groups is 1. The van der Waals surface area contributed by atoms with E-state index in [0.717, 1.165) is 31.4 Å². The van der Waals surface area contributed by atoms with Gasteiger partial charge in [-0.05, 0) is 12.8 Å². The predicted octanol–water partition coefficient (Wildman–Crippen LogP) is -1.81. The van der Waals surface area contributed by atoms with Gasteiger partial charge in [-0.3, -0.25) is 0 Å². The Bertz CT molecular complexity index is 685. The van der Waals surface area contributed by atoms with Crippen LogP contribution in [-0.4, -0.2) is 72.2 Å². The molecule has 30 heavy (non-hydrogen) atoms. The summed E-state index contributed by atoms with van der Waals surface area (Å²) >= 11 is 0. The van der Waals surface area contributed by atoms with Gasteiger partial charge in [0.15, 0.2) is 6.29 Å². The average Bonchev–Trinajstić information content (AvgIpc) is 3.11. The van der Waals surface area contributed by atoms with Crippen molar-refractivity contribution >= 4 is 7.82 Å². The second kappa shape index (κ2) is 11.6. The molecule has 12 nitrogen and oxygen atoms in total. The molecule has 3 unspecified atom stereocenters. The second-order valence-corrected chi connectivity index (χ2v) is 8.62. The third-order valence-corrected chi connectivity index (χ3v) is 5.43. The van der Waals surface area contributed by atoms with E-state index in [1.807, 2.05) is 0 Å². The summed E-state index contributed by atoms with van der Waals surface area (Å²) in [5.74, 6) is 0.